The van der Waals surface area contributed by atoms with Crippen molar-refractivity contribution in [2.24, 2.45) is 5.73 Å². The average molecular weight is 303 g/mol. The molecule has 0 unspecified atom stereocenters. The van der Waals surface area contributed by atoms with Gasteiger partial charge in [0.1, 0.15) is 0 Å². The van der Waals surface area contributed by atoms with E-state index < -0.39 is 34.1 Å². The zero-order valence-corrected chi connectivity index (χ0v) is 9.83. The number of hydrogen-bond donors (Lipinski definition) is 2. The van der Waals surface area contributed by atoms with Gasteiger partial charge in [-0.2, -0.15) is 34.8 Å². The number of alkyl halides is 6. The van der Waals surface area contributed by atoms with Gasteiger partial charge in [0, 0.05) is 13.5 Å². The highest BCUT2D eigenvalue weighted by Crippen LogP contribution is 2.47. The third kappa shape index (κ3) is 4.14. The van der Waals surface area contributed by atoms with Crippen LogP contribution in [0.3, 0.4) is 0 Å². The topological polar surface area (TPSA) is 80.4 Å². The van der Waals surface area contributed by atoms with Gasteiger partial charge >= 0.3 is 27.2 Å². The van der Waals surface area contributed by atoms with E-state index in [4.69, 9.17) is 10.3 Å². The zero-order valence-electron chi connectivity index (χ0n) is 9.01. The Morgan fingerprint density at radius 3 is 1.56 bits per heavy atom. The third-order valence-electron chi connectivity index (χ3n) is 1.41. The molecule has 0 amide bonds. The van der Waals surface area contributed by atoms with Crippen LogP contribution in [0.1, 0.15) is 6.92 Å². The fourth-order valence-electron chi connectivity index (χ4n) is 0.418. The Balaban J connectivity index is 0. The van der Waals surface area contributed by atoms with E-state index in [1.165, 1.54) is 0 Å². The van der Waals surface area contributed by atoms with Crippen LogP contribution in [0.2, 0.25) is 0 Å². The van der Waals surface area contributed by atoms with Crippen molar-refractivity contribution >= 4 is 10.1 Å². The van der Waals surface area contributed by atoms with Crippen LogP contribution in [0.4, 0.5) is 26.3 Å². The van der Waals surface area contributed by atoms with E-state index in [0.29, 0.717) is 6.54 Å². The molecule has 110 valence electrons. The first-order valence-corrected chi connectivity index (χ1v) is 5.52. The molecule has 0 heterocycles. The highest BCUT2D eigenvalue weighted by Gasteiger charge is 2.75. The number of rotatable bonds is 4. The summed E-state index contributed by atoms with van der Waals surface area (Å²) in [4.78, 5) is 0. The van der Waals surface area contributed by atoms with E-state index in [0.717, 1.165) is 0 Å². The van der Waals surface area contributed by atoms with Crippen LogP contribution in [0.15, 0.2) is 12.7 Å². The van der Waals surface area contributed by atoms with Crippen molar-refractivity contribution in [3.05, 3.63) is 12.7 Å². The highest BCUT2D eigenvalue weighted by atomic mass is 32.2. The molecule has 0 fully saturated rings. The Morgan fingerprint density at radius 1 is 1.22 bits per heavy atom. The summed E-state index contributed by atoms with van der Waals surface area (Å²) in [5, 5.41) is -6.24. The lowest BCUT2D eigenvalue weighted by atomic mass is 10.2. The standard InChI is InChI=1S/C4H4F6O3S.C3H7N/c1-2(5,6)3(7,8)4(9,10)14(11,12)13;1-2-3-4/h1H3,(H,11,12,13);2H,1,3-4H2. The molecule has 0 radical (unpaired) electrons. The van der Waals surface area contributed by atoms with Gasteiger partial charge in [-0.3, -0.25) is 4.55 Å². The molecule has 0 saturated heterocycles. The van der Waals surface area contributed by atoms with Crippen molar-refractivity contribution in [2.75, 3.05) is 6.54 Å². The summed E-state index contributed by atoms with van der Waals surface area (Å²) in [6, 6.07) is 0. The Labute approximate surface area is 99.2 Å². The monoisotopic (exact) mass is 303 g/mol. The zero-order chi connectivity index (χ0) is 15.4. The first-order chi connectivity index (χ1) is 7.66. The second kappa shape index (κ2) is 5.89. The van der Waals surface area contributed by atoms with Crippen LogP contribution in [0.25, 0.3) is 0 Å². The average Bonchev–Trinajstić information content (AvgIpc) is 2.14. The molecule has 0 atom stereocenters. The molecule has 0 aromatic heterocycles. The minimum Gasteiger partial charge on any atom is -0.327 e. The summed E-state index contributed by atoms with van der Waals surface area (Å²) in [5.41, 5.74) is 4.91. The Hall–Kier alpha value is -0.810. The predicted molar refractivity (Wildman–Crippen MR) is 51.3 cm³/mol. The summed E-state index contributed by atoms with van der Waals surface area (Å²) in [6.07, 6.45) is 1.65. The van der Waals surface area contributed by atoms with Gasteiger partial charge in [-0.05, 0) is 0 Å². The maximum absolute atomic E-state index is 12.2. The van der Waals surface area contributed by atoms with Gasteiger partial charge in [-0.25, -0.2) is 0 Å². The Morgan fingerprint density at radius 2 is 1.50 bits per heavy atom. The first kappa shape index (κ1) is 19.5. The normalized spacial score (nSPS) is 13.6. The Kier molecular flexibility index (Phi) is 6.39. The van der Waals surface area contributed by atoms with Crippen molar-refractivity contribution < 1.29 is 39.3 Å². The molecule has 0 rings (SSSR count). The fourth-order valence-corrected chi connectivity index (χ4v) is 0.921. The number of halogens is 6. The predicted octanol–water partition coefficient (Wildman–Crippen LogP) is 1.89. The highest BCUT2D eigenvalue weighted by molar-refractivity contribution is 7.87. The van der Waals surface area contributed by atoms with Crippen LogP contribution in [-0.2, 0) is 10.1 Å². The molecule has 0 bridgehead atoms. The molecule has 0 saturated carbocycles. The van der Waals surface area contributed by atoms with E-state index in [9.17, 15) is 34.8 Å². The van der Waals surface area contributed by atoms with E-state index in [1.54, 1.807) is 6.08 Å². The van der Waals surface area contributed by atoms with Gasteiger partial charge < -0.3 is 5.73 Å². The minimum atomic E-state index is -6.61. The van der Waals surface area contributed by atoms with Gasteiger partial charge in [-0.1, -0.05) is 6.08 Å². The minimum absolute atomic E-state index is 0.583. The van der Waals surface area contributed by atoms with Crippen LogP contribution in [0, 0.1) is 0 Å². The molecule has 0 spiro atoms. The van der Waals surface area contributed by atoms with Crippen molar-refractivity contribution in [3.63, 3.8) is 0 Å². The van der Waals surface area contributed by atoms with Crippen molar-refractivity contribution in [1.29, 1.82) is 0 Å². The maximum Gasteiger partial charge on any atom is 0.437 e. The summed E-state index contributed by atoms with van der Waals surface area (Å²) >= 11 is 0. The van der Waals surface area contributed by atoms with Gasteiger partial charge in [0.2, 0.25) is 0 Å². The quantitative estimate of drug-likeness (QED) is 0.472. The van der Waals surface area contributed by atoms with Crippen molar-refractivity contribution in [3.8, 4) is 0 Å². The van der Waals surface area contributed by atoms with Crippen LogP contribution in [-0.4, -0.2) is 36.6 Å². The molecule has 0 aliphatic heterocycles. The molecule has 0 aliphatic rings. The van der Waals surface area contributed by atoms with Gasteiger partial charge in [0.25, 0.3) is 0 Å². The molecule has 18 heavy (non-hydrogen) atoms. The van der Waals surface area contributed by atoms with Crippen LogP contribution in [0.5, 0.6) is 0 Å². The van der Waals surface area contributed by atoms with Crippen LogP contribution < -0.4 is 5.73 Å². The van der Waals surface area contributed by atoms with Gasteiger partial charge in [0.05, 0.1) is 0 Å². The lowest BCUT2D eigenvalue weighted by Crippen LogP contribution is -2.56. The smallest absolute Gasteiger partial charge is 0.327 e. The van der Waals surface area contributed by atoms with E-state index in [2.05, 4.69) is 6.58 Å². The SMILES string of the molecule is C=CCN.CC(F)(F)C(F)(F)C(F)(F)S(=O)(=O)O. The lowest BCUT2D eigenvalue weighted by molar-refractivity contribution is -0.273. The molecule has 0 aromatic rings. The number of nitrogens with two attached hydrogens (primary N) is 1. The first-order valence-electron chi connectivity index (χ1n) is 4.08. The molecule has 4 nitrogen and oxygen atoms in total. The third-order valence-corrected chi connectivity index (χ3v) is 2.31. The molecule has 0 aromatic carbocycles. The summed E-state index contributed by atoms with van der Waals surface area (Å²) in [5.74, 6) is -11.5. The van der Waals surface area contributed by atoms with Crippen molar-refractivity contribution in [2.45, 2.75) is 24.0 Å². The second-order valence-corrected chi connectivity index (χ2v) is 4.44. The van der Waals surface area contributed by atoms with Gasteiger partial charge in [0.15, 0.2) is 0 Å². The van der Waals surface area contributed by atoms with E-state index in [-0.39, 0.29) is 0 Å². The summed E-state index contributed by atoms with van der Waals surface area (Å²) in [6.45, 7) is 3.35. The van der Waals surface area contributed by atoms with Gasteiger partial charge in [-0.15, -0.1) is 6.58 Å². The fraction of sp³-hybridized carbons (Fsp3) is 0.714. The summed E-state index contributed by atoms with van der Waals surface area (Å²) in [7, 11) is -6.61. The number of hydrogen-bond acceptors (Lipinski definition) is 3. The molecule has 11 heteroatoms. The lowest BCUT2D eigenvalue weighted by Gasteiger charge is -2.28. The molecular weight excluding hydrogens is 292 g/mol. The summed E-state index contributed by atoms with van der Waals surface area (Å²) < 4.78 is 99.6. The molecule has 3 N–H and O–H groups in total. The van der Waals surface area contributed by atoms with Crippen molar-refractivity contribution in [1.82, 2.24) is 0 Å². The molecular formula is C7H11F6NO3S. The van der Waals surface area contributed by atoms with E-state index in [1.807, 2.05) is 0 Å². The largest absolute Gasteiger partial charge is 0.437 e. The Bertz CT molecular complexity index is 375. The maximum atomic E-state index is 12.2. The van der Waals surface area contributed by atoms with E-state index >= 15 is 0 Å². The second-order valence-electron chi connectivity index (χ2n) is 2.98. The molecule has 0 aliphatic carbocycles. The van der Waals surface area contributed by atoms with Crippen LogP contribution >= 0.6 is 0 Å².